The molecule has 2 heterocycles. The molecule has 0 spiro atoms. The van der Waals surface area contributed by atoms with Crippen molar-refractivity contribution in [2.75, 3.05) is 19.5 Å². The first-order valence-electron chi connectivity index (χ1n) is 9.41. The molecule has 0 fully saturated rings. The van der Waals surface area contributed by atoms with Crippen molar-refractivity contribution < 1.29 is 14.3 Å². The van der Waals surface area contributed by atoms with Crippen LogP contribution in [0.1, 0.15) is 29.0 Å². The lowest BCUT2D eigenvalue weighted by Crippen LogP contribution is -2.31. The van der Waals surface area contributed by atoms with Crippen LogP contribution >= 0.6 is 11.8 Å². The maximum Gasteiger partial charge on any atom is 0.257 e. The van der Waals surface area contributed by atoms with Gasteiger partial charge in [0.2, 0.25) is 5.91 Å². The monoisotopic (exact) mass is 423 g/mol. The molecule has 0 unspecified atom stereocenters. The van der Waals surface area contributed by atoms with Gasteiger partial charge in [0.05, 0.1) is 19.8 Å². The maximum atomic E-state index is 13.0. The summed E-state index contributed by atoms with van der Waals surface area (Å²) in [4.78, 5) is 32.8. The van der Waals surface area contributed by atoms with Gasteiger partial charge in [-0.1, -0.05) is 42.1 Å². The number of methoxy groups -OCH3 is 2. The van der Waals surface area contributed by atoms with Crippen LogP contribution in [0.5, 0.6) is 11.5 Å². The molecule has 1 aliphatic rings. The Labute approximate surface area is 177 Å². The fourth-order valence-corrected chi connectivity index (χ4v) is 4.34. The van der Waals surface area contributed by atoms with Gasteiger partial charge in [0.15, 0.2) is 5.16 Å². The van der Waals surface area contributed by atoms with Gasteiger partial charge < -0.3 is 19.8 Å². The number of aromatic amines is 1. The Morgan fingerprint density at radius 3 is 2.63 bits per heavy atom. The van der Waals surface area contributed by atoms with Crippen molar-refractivity contribution in [1.29, 1.82) is 0 Å². The molecule has 2 aromatic carbocycles. The van der Waals surface area contributed by atoms with Gasteiger partial charge in [-0.15, -0.1) is 0 Å². The average molecular weight is 423 g/mol. The molecule has 4 rings (SSSR count). The SMILES string of the molecule is COc1ccc(OC)c([C@@H]2CC(=O)Nc3nc(SCc4ccccc4)[nH]c(=O)c32)c1. The minimum absolute atomic E-state index is 0.123. The third kappa shape index (κ3) is 4.04. The van der Waals surface area contributed by atoms with Gasteiger partial charge in [-0.2, -0.15) is 0 Å². The molecule has 154 valence electrons. The van der Waals surface area contributed by atoms with Gasteiger partial charge in [-0.05, 0) is 23.8 Å². The number of anilines is 1. The van der Waals surface area contributed by atoms with Crippen LogP contribution in [-0.2, 0) is 10.5 Å². The Morgan fingerprint density at radius 1 is 1.10 bits per heavy atom. The zero-order valence-electron chi connectivity index (χ0n) is 16.6. The number of H-pyrrole nitrogens is 1. The zero-order chi connectivity index (χ0) is 21.1. The highest BCUT2D eigenvalue weighted by Crippen LogP contribution is 2.40. The Bertz CT molecular complexity index is 1130. The number of hydrogen-bond acceptors (Lipinski definition) is 6. The molecule has 0 aliphatic carbocycles. The molecular weight excluding hydrogens is 402 g/mol. The Kier molecular flexibility index (Phi) is 5.76. The van der Waals surface area contributed by atoms with Crippen LogP contribution in [0.2, 0.25) is 0 Å². The number of thioether (sulfide) groups is 1. The van der Waals surface area contributed by atoms with Crippen LogP contribution in [0, 0.1) is 0 Å². The third-order valence-corrected chi connectivity index (χ3v) is 5.90. The smallest absolute Gasteiger partial charge is 0.257 e. The van der Waals surface area contributed by atoms with E-state index in [4.69, 9.17) is 9.47 Å². The summed E-state index contributed by atoms with van der Waals surface area (Å²) in [6, 6.07) is 15.2. The van der Waals surface area contributed by atoms with E-state index < -0.39 is 5.92 Å². The van der Waals surface area contributed by atoms with E-state index in [1.807, 2.05) is 30.3 Å². The zero-order valence-corrected chi connectivity index (χ0v) is 17.4. The highest BCUT2D eigenvalue weighted by atomic mass is 32.2. The summed E-state index contributed by atoms with van der Waals surface area (Å²) in [5.74, 6) is 1.48. The van der Waals surface area contributed by atoms with Crippen LogP contribution in [-0.4, -0.2) is 30.1 Å². The standard InChI is InChI=1S/C22H21N3O4S/c1-28-14-8-9-17(29-2)15(10-14)16-11-18(26)23-20-19(16)21(27)25-22(24-20)30-12-13-6-4-3-5-7-13/h3-10,16H,11-12H2,1-2H3,(H2,23,24,25,26,27)/t16-/m0/s1. The summed E-state index contributed by atoms with van der Waals surface area (Å²) < 4.78 is 10.8. The van der Waals surface area contributed by atoms with Gasteiger partial charge >= 0.3 is 0 Å². The van der Waals surface area contributed by atoms with Crippen LogP contribution in [0.4, 0.5) is 5.82 Å². The number of rotatable bonds is 6. The molecule has 1 aromatic heterocycles. The second kappa shape index (κ2) is 8.62. The molecular formula is C22H21N3O4S. The average Bonchev–Trinajstić information content (AvgIpc) is 2.77. The molecule has 7 nitrogen and oxygen atoms in total. The number of carbonyl (C=O) groups is 1. The van der Waals surface area contributed by atoms with Crippen molar-refractivity contribution in [3.8, 4) is 11.5 Å². The Morgan fingerprint density at radius 2 is 1.90 bits per heavy atom. The summed E-state index contributed by atoms with van der Waals surface area (Å²) in [5.41, 5.74) is 1.98. The van der Waals surface area contributed by atoms with Gasteiger partial charge in [0.25, 0.3) is 5.56 Å². The van der Waals surface area contributed by atoms with Crippen LogP contribution in [0.25, 0.3) is 0 Å². The lowest BCUT2D eigenvalue weighted by atomic mass is 9.86. The topological polar surface area (TPSA) is 93.3 Å². The highest BCUT2D eigenvalue weighted by molar-refractivity contribution is 7.98. The van der Waals surface area contributed by atoms with Crippen molar-refractivity contribution in [1.82, 2.24) is 9.97 Å². The first kappa shape index (κ1) is 20.0. The minimum atomic E-state index is -0.483. The molecule has 0 radical (unpaired) electrons. The van der Waals surface area contributed by atoms with Crippen molar-refractivity contribution in [2.45, 2.75) is 23.2 Å². The van der Waals surface area contributed by atoms with E-state index >= 15 is 0 Å². The fourth-order valence-electron chi connectivity index (χ4n) is 3.52. The van der Waals surface area contributed by atoms with Crippen molar-refractivity contribution in [3.63, 3.8) is 0 Å². The predicted molar refractivity (Wildman–Crippen MR) is 115 cm³/mol. The van der Waals surface area contributed by atoms with E-state index in [0.717, 1.165) is 5.56 Å². The second-order valence-corrected chi connectivity index (χ2v) is 7.78. The van der Waals surface area contributed by atoms with Gasteiger partial charge in [0.1, 0.15) is 17.3 Å². The molecule has 0 saturated heterocycles. The molecule has 8 heteroatoms. The number of nitrogens with zero attached hydrogens (tertiary/aromatic N) is 1. The molecule has 30 heavy (non-hydrogen) atoms. The Hall–Kier alpha value is -3.26. The van der Waals surface area contributed by atoms with Crippen LogP contribution in [0.3, 0.4) is 0 Å². The number of fused-ring (bicyclic) bond motifs is 1. The molecule has 2 N–H and O–H groups in total. The lowest BCUT2D eigenvalue weighted by Gasteiger charge is -2.26. The predicted octanol–water partition coefficient (Wildman–Crippen LogP) is 3.55. The Balaban J connectivity index is 1.72. The number of ether oxygens (including phenoxy) is 2. The summed E-state index contributed by atoms with van der Waals surface area (Å²) in [7, 11) is 3.12. The number of carbonyl (C=O) groups excluding carboxylic acids is 1. The van der Waals surface area contributed by atoms with Gasteiger partial charge in [-0.25, -0.2) is 4.98 Å². The summed E-state index contributed by atoms with van der Waals surface area (Å²) in [6.45, 7) is 0. The van der Waals surface area contributed by atoms with E-state index in [9.17, 15) is 9.59 Å². The largest absolute Gasteiger partial charge is 0.497 e. The molecule has 3 aromatic rings. The summed E-state index contributed by atoms with van der Waals surface area (Å²) in [5, 5.41) is 3.21. The van der Waals surface area contributed by atoms with Crippen molar-refractivity contribution in [3.05, 3.63) is 75.6 Å². The number of amides is 1. The van der Waals surface area contributed by atoms with Crippen molar-refractivity contribution in [2.24, 2.45) is 0 Å². The molecule has 1 aliphatic heterocycles. The molecule has 0 bridgehead atoms. The molecule has 1 atom stereocenters. The summed E-state index contributed by atoms with van der Waals surface area (Å²) >= 11 is 1.41. The number of nitrogens with one attached hydrogen (secondary N) is 2. The van der Waals surface area contributed by atoms with E-state index in [1.165, 1.54) is 11.8 Å². The van der Waals surface area contributed by atoms with E-state index in [2.05, 4.69) is 15.3 Å². The first-order valence-corrected chi connectivity index (χ1v) is 10.4. The minimum Gasteiger partial charge on any atom is -0.497 e. The third-order valence-electron chi connectivity index (χ3n) is 4.96. The van der Waals surface area contributed by atoms with Crippen LogP contribution in [0.15, 0.2) is 58.5 Å². The summed E-state index contributed by atoms with van der Waals surface area (Å²) in [6.07, 6.45) is 0.123. The van der Waals surface area contributed by atoms with E-state index in [1.54, 1.807) is 32.4 Å². The second-order valence-electron chi connectivity index (χ2n) is 6.82. The maximum absolute atomic E-state index is 13.0. The van der Waals surface area contributed by atoms with Gasteiger partial charge in [0, 0.05) is 23.7 Å². The number of hydrogen-bond donors (Lipinski definition) is 2. The quantitative estimate of drug-likeness (QED) is 0.465. The first-order chi connectivity index (χ1) is 14.6. The fraction of sp³-hybridized carbons (Fsp3) is 0.227. The number of benzene rings is 2. The molecule has 0 saturated carbocycles. The van der Waals surface area contributed by atoms with Crippen LogP contribution < -0.4 is 20.3 Å². The normalized spacial score (nSPS) is 15.3. The number of aromatic nitrogens is 2. The van der Waals surface area contributed by atoms with E-state index in [0.29, 0.717) is 39.4 Å². The van der Waals surface area contributed by atoms with Crippen molar-refractivity contribution >= 4 is 23.5 Å². The van der Waals surface area contributed by atoms with Gasteiger partial charge in [-0.3, -0.25) is 9.59 Å². The molecule has 1 amide bonds. The highest BCUT2D eigenvalue weighted by Gasteiger charge is 2.33. The lowest BCUT2D eigenvalue weighted by molar-refractivity contribution is -0.116. The van der Waals surface area contributed by atoms with E-state index in [-0.39, 0.29) is 17.9 Å².